The summed E-state index contributed by atoms with van der Waals surface area (Å²) in [4.78, 5) is 16.0. The van der Waals surface area contributed by atoms with E-state index in [9.17, 15) is 0 Å². The molecule has 1 saturated heterocycles. The Balaban J connectivity index is 1.95. The van der Waals surface area contributed by atoms with Crippen LogP contribution in [-0.4, -0.2) is 62.2 Å². The van der Waals surface area contributed by atoms with E-state index in [1.165, 1.54) is 0 Å². The minimum atomic E-state index is 0.677. The first-order chi connectivity index (χ1) is 11.5. The highest BCUT2D eigenvalue weighted by atomic mass is 35.5. The Labute approximate surface area is 145 Å². The maximum atomic E-state index is 6.17. The predicted octanol–water partition coefficient (Wildman–Crippen LogP) is 2.85. The number of hydrogen-bond acceptors (Lipinski definition) is 6. The normalized spacial score (nSPS) is 16.2. The molecule has 7 heteroatoms. The van der Waals surface area contributed by atoms with Gasteiger partial charge in [0.25, 0.3) is 0 Å². The summed E-state index contributed by atoms with van der Waals surface area (Å²) in [6.45, 7) is 3.87. The fourth-order valence-corrected chi connectivity index (χ4v) is 3.19. The lowest BCUT2D eigenvalue weighted by Crippen LogP contribution is -2.45. The van der Waals surface area contributed by atoms with Gasteiger partial charge in [-0.3, -0.25) is 0 Å². The molecule has 4 rings (SSSR count). The Hall–Kier alpha value is -2.05. The van der Waals surface area contributed by atoms with Crippen LogP contribution in [0, 0.1) is 0 Å². The first-order valence-corrected chi connectivity index (χ1v) is 8.41. The van der Waals surface area contributed by atoms with Crippen molar-refractivity contribution in [3.05, 3.63) is 23.2 Å². The second kappa shape index (κ2) is 5.79. The summed E-state index contributed by atoms with van der Waals surface area (Å²) in [6, 6.07) is 5.63. The molecule has 0 spiro atoms. The molecule has 3 aromatic rings. The van der Waals surface area contributed by atoms with Gasteiger partial charge in [-0.05, 0) is 25.2 Å². The van der Waals surface area contributed by atoms with Crippen molar-refractivity contribution in [3.63, 3.8) is 0 Å². The number of fused-ring (bicyclic) bond motifs is 3. The quantitative estimate of drug-likeness (QED) is 0.712. The van der Waals surface area contributed by atoms with E-state index >= 15 is 0 Å². The molecule has 3 heterocycles. The van der Waals surface area contributed by atoms with E-state index in [4.69, 9.17) is 26.0 Å². The number of furan rings is 1. The second-order valence-corrected chi connectivity index (χ2v) is 6.89. The molecule has 126 valence electrons. The summed E-state index contributed by atoms with van der Waals surface area (Å²) in [6.07, 6.45) is 0. The average molecular weight is 346 g/mol. The van der Waals surface area contributed by atoms with Gasteiger partial charge in [0.1, 0.15) is 11.1 Å². The zero-order chi connectivity index (χ0) is 16.8. The van der Waals surface area contributed by atoms with Crippen LogP contribution in [-0.2, 0) is 0 Å². The molecule has 0 radical (unpaired) electrons. The Morgan fingerprint density at radius 2 is 1.88 bits per heavy atom. The first kappa shape index (κ1) is 15.5. The first-order valence-electron chi connectivity index (χ1n) is 8.03. The molecule has 1 aromatic carbocycles. The molecular formula is C17H20ClN5O. The average Bonchev–Trinajstić information content (AvgIpc) is 2.92. The standard InChI is InChI=1S/C17H20ClN5O/c1-21(2)17-19-14-12-10-11(18)4-5-13(12)24-15(14)16(20-17)23-8-6-22(3)7-9-23/h4-5,10H,6-9H2,1-3H3. The van der Waals surface area contributed by atoms with Crippen LogP contribution in [0.4, 0.5) is 11.8 Å². The van der Waals surface area contributed by atoms with Crippen molar-refractivity contribution < 1.29 is 4.42 Å². The van der Waals surface area contributed by atoms with Gasteiger partial charge in [-0.15, -0.1) is 0 Å². The molecule has 0 saturated carbocycles. The van der Waals surface area contributed by atoms with E-state index in [-0.39, 0.29) is 0 Å². The second-order valence-electron chi connectivity index (χ2n) is 6.45. The third-order valence-electron chi connectivity index (χ3n) is 4.45. The predicted molar refractivity (Wildman–Crippen MR) is 98.4 cm³/mol. The van der Waals surface area contributed by atoms with Crippen LogP contribution >= 0.6 is 11.6 Å². The smallest absolute Gasteiger partial charge is 0.227 e. The number of halogens is 1. The summed E-state index contributed by atoms with van der Waals surface area (Å²) >= 11 is 6.17. The maximum absolute atomic E-state index is 6.17. The molecule has 2 aromatic heterocycles. The van der Waals surface area contributed by atoms with Crippen molar-refractivity contribution in [2.24, 2.45) is 0 Å². The van der Waals surface area contributed by atoms with Crippen molar-refractivity contribution in [2.45, 2.75) is 0 Å². The lowest BCUT2D eigenvalue weighted by atomic mass is 10.2. The topological polar surface area (TPSA) is 48.6 Å². The highest BCUT2D eigenvalue weighted by molar-refractivity contribution is 6.31. The molecule has 1 aliphatic heterocycles. The van der Waals surface area contributed by atoms with Gasteiger partial charge < -0.3 is 19.1 Å². The molecule has 0 N–H and O–H groups in total. The number of rotatable bonds is 2. The number of aromatic nitrogens is 2. The molecule has 0 aliphatic carbocycles. The van der Waals surface area contributed by atoms with Crippen LogP contribution in [0.5, 0.6) is 0 Å². The molecule has 1 aliphatic rings. The number of benzene rings is 1. The minimum Gasteiger partial charge on any atom is -0.450 e. The lowest BCUT2D eigenvalue weighted by molar-refractivity contribution is 0.312. The van der Waals surface area contributed by atoms with Crippen LogP contribution in [0.3, 0.4) is 0 Å². The molecule has 0 unspecified atom stereocenters. The van der Waals surface area contributed by atoms with Gasteiger partial charge in [-0.2, -0.15) is 4.98 Å². The highest BCUT2D eigenvalue weighted by Gasteiger charge is 2.23. The summed E-state index contributed by atoms with van der Waals surface area (Å²) < 4.78 is 6.10. The summed E-state index contributed by atoms with van der Waals surface area (Å²) in [5.74, 6) is 1.54. The Bertz CT molecular complexity index is 899. The van der Waals surface area contributed by atoms with E-state index < -0.39 is 0 Å². The minimum absolute atomic E-state index is 0.677. The van der Waals surface area contributed by atoms with Crippen molar-refractivity contribution in [3.8, 4) is 0 Å². The van der Waals surface area contributed by atoms with Crippen LogP contribution in [0.15, 0.2) is 22.6 Å². The van der Waals surface area contributed by atoms with Crippen LogP contribution in [0.25, 0.3) is 22.1 Å². The number of anilines is 2. The Morgan fingerprint density at radius 3 is 2.58 bits per heavy atom. The highest BCUT2D eigenvalue weighted by Crippen LogP contribution is 2.35. The van der Waals surface area contributed by atoms with Gasteiger partial charge in [-0.25, -0.2) is 4.98 Å². The molecular weight excluding hydrogens is 326 g/mol. The molecule has 1 fully saturated rings. The van der Waals surface area contributed by atoms with Crippen LogP contribution in [0.2, 0.25) is 5.02 Å². The third-order valence-corrected chi connectivity index (χ3v) is 4.68. The van der Waals surface area contributed by atoms with E-state index in [2.05, 4.69) is 16.8 Å². The number of nitrogens with zero attached hydrogens (tertiary/aromatic N) is 5. The van der Waals surface area contributed by atoms with E-state index in [0.29, 0.717) is 11.0 Å². The van der Waals surface area contributed by atoms with Gasteiger partial charge in [-0.1, -0.05) is 11.6 Å². The zero-order valence-electron chi connectivity index (χ0n) is 14.1. The molecule has 24 heavy (non-hydrogen) atoms. The molecule has 0 amide bonds. The van der Waals surface area contributed by atoms with Gasteiger partial charge in [0.2, 0.25) is 5.95 Å². The van der Waals surface area contributed by atoms with E-state index in [1.54, 1.807) is 0 Å². The zero-order valence-corrected chi connectivity index (χ0v) is 14.8. The van der Waals surface area contributed by atoms with Crippen LogP contribution in [0.1, 0.15) is 0 Å². The fraction of sp³-hybridized carbons (Fsp3) is 0.412. The molecule has 0 atom stereocenters. The van der Waals surface area contributed by atoms with Crippen molar-refractivity contribution in [1.82, 2.24) is 14.9 Å². The van der Waals surface area contributed by atoms with Gasteiger partial charge in [0, 0.05) is 50.7 Å². The Kier molecular flexibility index (Phi) is 3.73. The number of piperazine rings is 1. The SMILES string of the molecule is CN1CCN(c2nc(N(C)C)nc3c2oc2ccc(Cl)cc23)CC1. The summed E-state index contributed by atoms with van der Waals surface area (Å²) in [5.41, 5.74) is 2.34. The largest absolute Gasteiger partial charge is 0.450 e. The monoisotopic (exact) mass is 345 g/mol. The van der Waals surface area contributed by atoms with Crippen LogP contribution < -0.4 is 9.80 Å². The lowest BCUT2D eigenvalue weighted by Gasteiger charge is -2.33. The van der Waals surface area contributed by atoms with Crippen molar-refractivity contribution in [2.75, 3.05) is 57.1 Å². The molecule has 0 bridgehead atoms. The Morgan fingerprint density at radius 1 is 1.12 bits per heavy atom. The van der Waals surface area contributed by atoms with Gasteiger partial charge in [0.15, 0.2) is 11.4 Å². The number of likely N-dealkylation sites (N-methyl/N-ethyl adjacent to an activating group) is 1. The fourth-order valence-electron chi connectivity index (χ4n) is 3.02. The number of hydrogen-bond donors (Lipinski definition) is 0. The molecule has 6 nitrogen and oxygen atoms in total. The summed E-state index contributed by atoms with van der Waals surface area (Å²) in [5, 5.41) is 1.61. The van der Waals surface area contributed by atoms with Gasteiger partial charge >= 0.3 is 0 Å². The van der Waals surface area contributed by atoms with E-state index in [1.807, 2.05) is 37.2 Å². The third kappa shape index (κ3) is 2.56. The van der Waals surface area contributed by atoms with Crippen molar-refractivity contribution in [1.29, 1.82) is 0 Å². The van der Waals surface area contributed by atoms with Crippen molar-refractivity contribution >= 4 is 45.4 Å². The van der Waals surface area contributed by atoms with E-state index in [0.717, 1.165) is 54.1 Å². The maximum Gasteiger partial charge on any atom is 0.227 e. The summed E-state index contributed by atoms with van der Waals surface area (Å²) in [7, 11) is 6.04. The van der Waals surface area contributed by atoms with Gasteiger partial charge in [0.05, 0.1) is 0 Å².